The van der Waals surface area contributed by atoms with Crippen LogP contribution in [0.5, 0.6) is 0 Å². The average molecular weight is 242 g/mol. The van der Waals surface area contributed by atoms with E-state index in [1.165, 1.54) is 9.75 Å². The van der Waals surface area contributed by atoms with E-state index in [1.807, 2.05) is 22.2 Å². The molecule has 0 aliphatic carbocycles. The quantitative estimate of drug-likeness (QED) is 0.771. The van der Waals surface area contributed by atoms with Gasteiger partial charge in [-0.25, -0.2) is 4.68 Å². The summed E-state index contributed by atoms with van der Waals surface area (Å²) < 4.78 is 1.82. The van der Waals surface area contributed by atoms with Crippen LogP contribution in [0.25, 0.3) is 0 Å². The van der Waals surface area contributed by atoms with Crippen molar-refractivity contribution in [3.8, 4) is 0 Å². The van der Waals surface area contributed by atoms with Crippen LogP contribution in [0.1, 0.15) is 22.4 Å². The van der Waals surface area contributed by atoms with Crippen molar-refractivity contribution >= 4 is 22.9 Å². The van der Waals surface area contributed by atoms with Crippen molar-refractivity contribution in [3.63, 3.8) is 0 Å². The number of hydrogen-bond acceptors (Lipinski definition) is 3. The van der Waals surface area contributed by atoms with Gasteiger partial charge in [0, 0.05) is 9.75 Å². The molecule has 2 rings (SSSR count). The minimum atomic E-state index is 0.421. The largest absolute Gasteiger partial charge is 0.247 e. The second-order valence-electron chi connectivity index (χ2n) is 3.26. The highest BCUT2D eigenvalue weighted by atomic mass is 35.5. The van der Waals surface area contributed by atoms with E-state index in [2.05, 4.69) is 29.4 Å². The molecule has 80 valence electrons. The second-order valence-corrected chi connectivity index (χ2v) is 4.78. The average Bonchev–Trinajstić information content (AvgIpc) is 2.87. The number of halogens is 1. The first kappa shape index (κ1) is 10.6. The summed E-state index contributed by atoms with van der Waals surface area (Å²) in [6, 6.07) is 4.31. The molecule has 0 bridgehead atoms. The number of aromatic nitrogens is 3. The Balaban J connectivity index is 2.07. The minimum absolute atomic E-state index is 0.421. The minimum Gasteiger partial charge on any atom is -0.247 e. The molecule has 5 heteroatoms. The van der Waals surface area contributed by atoms with E-state index in [0.29, 0.717) is 5.88 Å². The molecule has 0 fully saturated rings. The van der Waals surface area contributed by atoms with Crippen molar-refractivity contribution < 1.29 is 0 Å². The standard InChI is InChI=1S/C10H12ClN3S/c1-2-9-3-4-10(15-9)7-14-6-8(5-11)12-13-14/h3-4,6H,2,5,7H2,1H3. The van der Waals surface area contributed by atoms with Gasteiger partial charge in [0.25, 0.3) is 0 Å². The molecule has 3 nitrogen and oxygen atoms in total. The van der Waals surface area contributed by atoms with E-state index in [4.69, 9.17) is 11.6 Å². The van der Waals surface area contributed by atoms with Gasteiger partial charge >= 0.3 is 0 Å². The first-order chi connectivity index (χ1) is 7.31. The topological polar surface area (TPSA) is 30.7 Å². The first-order valence-electron chi connectivity index (χ1n) is 4.84. The molecule has 0 aliphatic rings. The van der Waals surface area contributed by atoms with Gasteiger partial charge in [-0.2, -0.15) is 0 Å². The van der Waals surface area contributed by atoms with Gasteiger partial charge < -0.3 is 0 Å². The van der Waals surface area contributed by atoms with Crippen LogP contribution in [0.2, 0.25) is 0 Å². The molecular formula is C10H12ClN3S. The van der Waals surface area contributed by atoms with E-state index in [1.54, 1.807) is 0 Å². The Morgan fingerprint density at radius 1 is 1.40 bits per heavy atom. The summed E-state index contributed by atoms with van der Waals surface area (Å²) in [4.78, 5) is 2.71. The lowest BCUT2D eigenvalue weighted by Gasteiger charge is -1.95. The number of aryl methyl sites for hydroxylation is 1. The monoisotopic (exact) mass is 241 g/mol. The lowest BCUT2D eigenvalue weighted by molar-refractivity contribution is 0.655. The molecule has 0 spiro atoms. The maximum atomic E-state index is 5.66. The van der Waals surface area contributed by atoms with Crippen LogP contribution < -0.4 is 0 Å². The molecule has 0 atom stereocenters. The van der Waals surface area contributed by atoms with Crippen molar-refractivity contribution in [1.82, 2.24) is 15.0 Å². The SMILES string of the molecule is CCc1ccc(Cn2cc(CCl)nn2)s1. The Kier molecular flexibility index (Phi) is 3.38. The van der Waals surface area contributed by atoms with Crippen LogP contribution in [-0.2, 0) is 18.8 Å². The summed E-state index contributed by atoms with van der Waals surface area (Å²) in [5, 5.41) is 7.95. The van der Waals surface area contributed by atoms with Crippen molar-refractivity contribution in [3.05, 3.63) is 33.8 Å². The second kappa shape index (κ2) is 4.77. The molecule has 15 heavy (non-hydrogen) atoms. The van der Waals surface area contributed by atoms with Gasteiger partial charge in [0.15, 0.2) is 0 Å². The fourth-order valence-corrected chi connectivity index (χ4v) is 2.41. The van der Waals surface area contributed by atoms with Crippen LogP contribution in [0.15, 0.2) is 18.3 Å². The van der Waals surface area contributed by atoms with Crippen LogP contribution in [-0.4, -0.2) is 15.0 Å². The first-order valence-corrected chi connectivity index (χ1v) is 6.19. The molecule has 2 aromatic rings. The van der Waals surface area contributed by atoms with Crippen LogP contribution in [0, 0.1) is 0 Å². The van der Waals surface area contributed by atoms with E-state index in [-0.39, 0.29) is 0 Å². The maximum absolute atomic E-state index is 5.66. The molecule has 0 unspecified atom stereocenters. The summed E-state index contributed by atoms with van der Waals surface area (Å²) in [5.74, 6) is 0.421. The van der Waals surface area contributed by atoms with E-state index < -0.39 is 0 Å². The van der Waals surface area contributed by atoms with Gasteiger partial charge in [-0.3, -0.25) is 0 Å². The Morgan fingerprint density at radius 2 is 2.20 bits per heavy atom. The summed E-state index contributed by atoms with van der Waals surface area (Å²) in [7, 11) is 0. The number of thiophene rings is 1. The molecule has 0 aromatic carbocycles. The maximum Gasteiger partial charge on any atom is 0.0974 e. The fraction of sp³-hybridized carbons (Fsp3) is 0.400. The van der Waals surface area contributed by atoms with Crippen LogP contribution in [0.4, 0.5) is 0 Å². The van der Waals surface area contributed by atoms with Gasteiger partial charge in [-0.15, -0.1) is 28.0 Å². The Labute approximate surface area is 97.7 Å². The Hall–Kier alpha value is -0.870. The highest BCUT2D eigenvalue weighted by Crippen LogP contribution is 2.17. The zero-order chi connectivity index (χ0) is 10.7. The highest BCUT2D eigenvalue weighted by molar-refractivity contribution is 7.11. The number of rotatable bonds is 4. The molecule has 2 aromatic heterocycles. The summed E-state index contributed by atoms with van der Waals surface area (Å²) >= 11 is 7.48. The van der Waals surface area contributed by atoms with Crippen molar-refractivity contribution in [1.29, 1.82) is 0 Å². The number of alkyl halides is 1. The molecule has 0 radical (unpaired) electrons. The third kappa shape index (κ3) is 2.58. The zero-order valence-electron chi connectivity index (χ0n) is 8.48. The normalized spacial score (nSPS) is 10.8. The van der Waals surface area contributed by atoms with Gasteiger partial charge in [-0.05, 0) is 18.6 Å². The van der Waals surface area contributed by atoms with Crippen LogP contribution in [0.3, 0.4) is 0 Å². The summed E-state index contributed by atoms with van der Waals surface area (Å²) in [6.07, 6.45) is 2.98. The third-order valence-corrected chi connectivity index (χ3v) is 3.59. The summed E-state index contributed by atoms with van der Waals surface area (Å²) in [5.41, 5.74) is 0.823. The van der Waals surface area contributed by atoms with E-state index in [9.17, 15) is 0 Å². The third-order valence-electron chi connectivity index (χ3n) is 2.11. The van der Waals surface area contributed by atoms with E-state index >= 15 is 0 Å². The van der Waals surface area contributed by atoms with Gasteiger partial charge in [0.1, 0.15) is 0 Å². The Bertz CT molecular complexity index is 395. The van der Waals surface area contributed by atoms with Crippen molar-refractivity contribution in [2.75, 3.05) is 0 Å². The predicted molar refractivity (Wildman–Crippen MR) is 62.4 cm³/mol. The zero-order valence-corrected chi connectivity index (χ0v) is 10.1. The molecule has 0 saturated heterocycles. The van der Waals surface area contributed by atoms with E-state index in [0.717, 1.165) is 18.7 Å². The van der Waals surface area contributed by atoms with Gasteiger partial charge in [-0.1, -0.05) is 12.1 Å². The van der Waals surface area contributed by atoms with Crippen molar-refractivity contribution in [2.45, 2.75) is 25.8 Å². The molecule has 0 saturated carbocycles. The number of nitrogens with zero attached hydrogens (tertiary/aromatic N) is 3. The predicted octanol–water partition coefficient (Wildman–Crippen LogP) is 2.69. The molecule has 0 amide bonds. The van der Waals surface area contributed by atoms with Crippen molar-refractivity contribution in [2.24, 2.45) is 0 Å². The van der Waals surface area contributed by atoms with Gasteiger partial charge in [0.2, 0.25) is 0 Å². The smallest absolute Gasteiger partial charge is 0.0974 e. The fourth-order valence-electron chi connectivity index (χ4n) is 1.33. The lowest BCUT2D eigenvalue weighted by atomic mass is 10.4. The highest BCUT2D eigenvalue weighted by Gasteiger charge is 2.02. The molecular weight excluding hydrogens is 230 g/mol. The lowest BCUT2D eigenvalue weighted by Crippen LogP contribution is -1.98. The molecule has 0 aliphatic heterocycles. The number of hydrogen-bond donors (Lipinski definition) is 0. The van der Waals surface area contributed by atoms with Crippen LogP contribution >= 0.6 is 22.9 Å². The van der Waals surface area contributed by atoms with Gasteiger partial charge in [0.05, 0.1) is 24.3 Å². The Morgan fingerprint density at radius 3 is 2.80 bits per heavy atom. The molecule has 2 heterocycles. The molecule has 0 N–H and O–H groups in total. The summed E-state index contributed by atoms with van der Waals surface area (Å²) in [6.45, 7) is 2.95.